The molecule has 8 nitrogen and oxygen atoms in total. The first-order valence-electron chi connectivity index (χ1n) is 8.64. The fraction of sp³-hybridized carbons (Fsp3) is 0.444. The van der Waals surface area contributed by atoms with E-state index in [1.807, 2.05) is 35.0 Å². The molecule has 0 radical (unpaired) electrons. The summed E-state index contributed by atoms with van der Waals surface area (Å²) in [4.78, 5) is 27.0. The highest BCUT2D eigenvalue weighted by atomic mass is 16.9. The van der Waals surface area contributed by atoms with Crippen LogP contribution in [0.25, 0.3) is 10.9 Å². The van der Waals surface area contributed by atoms with Crippen molar-refractivity contribution in [3.05, 3.63) is 46.1 Å². The maximum Gasteiger partial charge on any atom is 0.294 e. The summed E-state index contributed by atoms with van der Waals surface area (Å²) in [6, 6.07) is 9.83. The number of carbonyl (C=O) groups excluding carboxylic acids is 1. The molecule has 26 heavy (non-hydrogen) atoms. The minimum absolute atomic E-state index is 0.101. The highest BCUT2D eigenvalue weighted by Gasteiger charge is 2.45. The lowest BCUT2D eigenvalue weighted by atomic mass is 10.1. The van der Waals surface area contributed by atoms with Crippen molar-refractivity contribution in [2.24, 2.45) is 0 Å². The number of aromatic nitrogens is 1. The topological polar surface area (TPSA) is 110 Å². The van der Waals surface area contributed by atoms with Gasteiger partial charge in [0.25, 0.3) is 11.0 Å². The Labute approximate surface area is 150 Å². The largest absolute Gasteiger partial charge is 0.347 e. The molecule has 1 aromatic carbocycles. The summed E-state index contributed by atoms with van der Waals surface area (Å²) in [5.41, 5.74) is 0.830. The van der Waals surface area contributed by atoms with E-state index in [1.54, 1.807) is 0 Å². The number of hydrogen-bond acceptors (Lipinski definition) is 5. The molecule has 0 saturated heterocycles. The van der Waals surface area contributed by atoms with Crippen LogP contribution in [0.4, 0.5) is 0 Å². The summed E-state index contributed by atoms with van der Waals surface area (Å²) < 4.78 is 2.02. The van der Waals surface area contributed by atoms with Gasteiger partial charge >= 0.3 is 0 Å². The Morgan fingerprint density at radius 3 is 2.81 bits per heavy atom. The van der Waals surface area contributed by atoms with E-state index < -0.39 is 10.6 Å². The van der Waals surface area contributed by atoms with Gasteiger partial charge in [0.15, 0.2) is 0 Å². The summed E-state index contributed by atoms with van der Waals surface area (Å²) in [5, 5.41) is 22.2. The lowest BCUT2D eigenvalue weighted by Gasteiger charge is -2.08. The van der Waals surface area contributed by atoms with E-state index in [2.05, 4.69) is 16.2 Å². The first-order valence-corrected chi connectivity index (χ1v) is 8.64. The van der Waals surface area contributed by atoms with Crippen molar-refractivity contribution in [1.82, 2.24) is 9.88 Å². The normalized spacial score (nSPS) is 14.6. The molecule has 0 atom stereocenters. The maximum atomic E-state index is 12.6. The monoisotopic (exact) mass is 356 g/mol. The molecule has 1 amide bonds. The summed E-state index contributed by atoms with van der Waals surface area (Å²) in [6.45, 7) is 0.805. The number of hydrogen-bond donors (Lipinski definition) is 1. The van der Waals surface area contributed by atoms with Gasteiger partial charge in [0.1, 0.15) is 5.54 Å². The van der Waals surface area contributed by atoms with E-state index in [0.29, 0.717) is 31.4 Å². The van der Waals surface area contributed by atoms with Crippen LogP contribution in [-0.2, 0) is 11.4 Å². The fourth-order valence-corrected chi connectivity index (χ4v) is 2.99. The SMILES string of the molecule is N#CC1(NC(=O)c2cn(CCCCCO[N+](=O)[O-])c3ccccc23)CC1. The third-order valence-corrected chi connectivity index (χ3v) is 4.59. The first kappa shape index (κ1) is 17.7. The number of nitrogens with one attached hydrogen (secondary N) is 1. The van der Waals surface area contributed by atoms with Crippen molar-refractivity contribution in [3.63, 3.8) is 0 Å². The zero-order valence-electron chi connectivity index (χ0n) is 14.3. The minimum atomic E-state index is -0.780. The van der Waals surface area contributed by atoms with E-state index in [-0.39, 0.29) is 12.5 Å². The lowest BCUT2D eigenvalue weighted by Crippen LogP contribution is -2.35. The van der Waals surface area contributed by atoms with Crippen molar-refractivity contribution >= 4 is 16.8 Å². The molecule has 1 aliphatic rings. The molecule has 0 spiro atoms. The molecular weight excluding hydrogens is 336 g/mol. The Hall–Kier alpha value is -3.08. The van der Waals surface area contributed by atoms with E-state index in [4.69, 9.17) is 5.26 Å². The van der Waals surface area contributed by atoms with Gasteiger partial charge in [-0.2, -0.15) is 5.26 Å². The molecule has 0 aliphatic heterocycles. The van der Waals surface area contributed by atoms with Crippen LogP contribution in [0.3, 0.4) is 0 Å². The van der Waals surface area contributed by atoms with Crippen LogP contribution in [0.1, 0.15) is 42.5 Å². The van der Waals surface area contributed by atoms with E-state index in [9.17, 15) is 14.9 Å². The van der Waals surface area contributed by atoms with Gasteiger partial charge in [0.05, 0.1) is 18.2 Å². The Morgan fingerprint density at radius 2 is 2.12 bits per heavy atom. The Morgan fingerprint density at radius 1 is 1.35 bits per heavy atom. The standard InChI is InChI=1S/C18H20N4O4/c19-13-18(8-9-18)20-17(23)15-12-21(16-7-3-2-6-14(15)16)10-4-1-5-11-26-22(24)25/h2-3,6-7,12H,1,4-5,8-11H2,(H,20,23). The number of nitriles is 1. The zero-order chi connectivity index (χ0) is 18.6. The van der Waals surface area contributed by atoms with Crippen molar-refractivity contribution in [2.45, 2.75) is 44.2 Å². The summed E-state index contributed by atoms with van der Waals surface area (Å²) >= 11 is 0. The number of aryl methyl sites for hydroxylation is 1. The molecule has 1 fully saturated rings. The van der Waals surface area contributed by atoms with Crippen molar-refractivity contribution in [1.29, 1.82) is 5.26 Å². The van der Waals surface area contributed by atoms with Gasteiger partial charge in [0.2, 0.25) is 0 Å². The third kappa shape index (κ3) is 3.94. The van der Waals surface area contributed by atoms with Crippen LogP contribution in [0, 0.1) is 21.4 Å². The highest BCUT2D eigenvalue weighted by molar-refractivity contribution is 6.07. The van der Waals surface area contributed by atoms with Gasteiger partial charge in [-0.05, 0) is 38.2 Å². The second-order valence-electron chi connectivity index (χ2n) is 6.52. The van der Waals surface area contributed by atoms with Crippen LogP contribution in [0.5, 0.6) is 0 Å². The van der Waals surface area contributed by atoms with Crippen LogP contribution in [-0.4, -0.2) is 27.7 Å². The summed E-state index contributed by atoms with van der Waals surface area (Å²) in [6.07, 6.45) is 5.43. The van der Waals surface area contributed by atoms with Crippen LogP contribution in [0.15, 0.2) is 30.5 Å². The Kier molecular flexibility index (Phi) is 5.07. The molecule has 8 heteroatoms. The molecule has 0 unspecified atom stereocenters. The molecule has 1 heterocycles. The number of carbonyl (C=O) groups is 1. The smallest absolute Gasteiger partial charge is 0.294 e. The van der Waals surface area contributed by atoms with Crippen molar-refractivity contribution in [2.75, 3.05) is 6.61 Å². The Balaban J connectivity index is 1.66. The number of rotatable bonds is 9. The van der Waals surface area contributed by atoms with Gasteiger partial charge < -0.3 is 14.7 Å². The van der Waals surface area contributed by atoms with Gasteiger partial charge in [-0.25, -0.2) is 0 Å². The predicted octanol–water partition coefficient (Wildman–Crippen LogP) is 2.81. The van der Waals surface area contributed by atoms with Gasteiger partial charge in [-0.3, -0.25) is 4.79 Å². The molecule has 1 saturated carbocycles. The number of amides is 1. The molecular formula is C18H20N4O4. The van der Waals surface area contributed by atoms with Gasteiger partial charge in [0, 0.05) is 23.6 Å². The minimum Gasteiger partial charge on any atom is -0.347 e. The van der Waals surface area contributed by atoms with Crippen molar-refractivity contribution in [3.8, 4) is 6.07 Å². The van der Waals surface area contributed by atoms with Crippen LogP contribution >= 0.6 is 0 Å². The molecule has 2 aromatic rings. The van der Waals surface area contributed by atoms with E-state index in [1.165, 1.54) is 0 Å². The predicted molar refractivity (Wildman–Crippen MR) is 93.8 cm³/mol. The second kappa shape index (κ2) is 7.44. The quantitative estimate of drug-likeness (QED) is 0.422. The van der Waals surface area contributed by atoms with Crippen LogP contribution < -0.4 is 5.32 Å². The lowest BCUT2D eigenvalue weighted by molar-refractivity contribution is -0.757. The van der Waals surface area contributed by atoms with Crippen LogP contribution in [0.2, 0.25) is 0 Å². The molecule has 0 bridgehead atoms. The number of benzene rings is 1. The molecule has 3 rings (SSSR count). The number of fused-ring (bicyclic) bond motifs is 1. The summed E-state index contributed by atoms with van der Waals surface area (Å²) in [5.74, 6) is -0.224. The number of unbranched alkanes of at least 4 members (excludes halogenated alkanes) is 2. The average Bonchev–Trinajstić information content (AvgIpc) is 3.30. The fourth-order valence-electron chi connectivity index (χ4n) is 2.99. The van der Waals surface area contributed by atoms with Gasteiger partial charge in [-0.1, -0.05) is 18.2 Å². The summed E-state index contributed by atoms with van der Waals surface area (Å²) in [7, 11) is 0. The second-order valence-corrected chi connectivity index (χ2v) is 6.52. The highest BCUT2D eigenvalue weighted by Crippen LogP contribution is 2.35. The van der Waals surface area contributed by atoms with Gasteiger partial charge in [-0.15, -0.1) is 10.1 Å². The molecule has 1 aromatic heterocycles. The first-order chi connectivity index (χ1) is 12.5. The maximum absolute atomic E-state index is 12.6. The number of nitrogens with zero attached hydrogens (tertiary/aromatic N) is 3. The molecule has 1 aliphatic carbocycles. The molecule has 136 valence electrons. The molecule has 1 N–H and O–H groups in total. The zero-order valence-corrected chi connectivity index (χ0v) is 14.3. The number of para-hydroxylation sites is 1. The van der Waals surface area contributed by atoms with E-state index in [0.717, 1.165) is 23.7 Å². The average molecular weight is 356 g/mol. The Bertz CT molecular complexity index is 864. The van der Waals surface area contributed by atoms with Crippen molar-refractivity contribution < 1.29 is 14.7 Å². The third-order valence-electron chi connectivity index (χ3n) is 4.59. The van der Waals surface area contributed by atoms with E-state index >= 15 is 0 Å².